The molecule has 1 heteroatoms. The fourth-order valence-electron chi connectivity index (χ4n) is 2.99. The van der Waals surface area contributed by atoms with E-state index in [1.165, 1.54) is 19.5 Å². The third-order valence-electron chi connectivity index (χ3n) is 2.65. The van der Waals surface area contributed by atoms with E-state index in [4.69, 9.17) is 0 Å². The minimum atomic E-state index is 0.463. The molecule has 0 radical (unpaired) electrons. The van der Waals surface area contributed by atoms with E-state index in [0.29, 0.717) is 10.8 Å². The second-order valence-electron chi connectivity index (χ2n) is 5.96. The number of piperidine rings is 1. The van der Waals surface area contributed by atoms with E-state index in [0.717, 1.165) is 6.54 Å². The van der Waals surface area contributed by atoms with Crippen LogP contribution in [0.3, 0.4) is 0 Å². The molecule has 0 aliphatic carbocycles. The Morgan fingerprint density at radius 2 is 1.62 bits per heavy atom. The van der Waals surface area contributed by atoms with Crippen LogP contribution in [-0.4, -0.2) is 24.5 Å². The molecule has 0 spiro atoms. The summed E-state index contributed by atoms with van der Waals surface area (Å²) in [6, 6.07) is 0. The Hall–Kier alpha value is -0.300. The van der Waals surface area contributed by atoms with Gasteiger partial charge in [0.2, 0.25) is 0 Å². The van der Waals surface area contributed by atoms with E-state index < -0.39 is 0 Å². The highest BCUT2D eigenvalue weighted by molar-refractivity contribution is 4.91. The maximum absolute atomic E-state index is 3.81. The molecule has 0 aromatic rings. The SMILES string of the molecule is C=CCN1CC(C)(C)CC(C)(C)C1. The molecule has 0 saturated carbocycles. The fraction of sp³-hybridized carbons (Fsp3) is 0.833. The van der Waals surface area contributed by atoms with E-state index in [-0.39, 0.29) is 0 Å². The highest BCUT2D eigenvalue weighted by Crippen LogP contribution is 2.39. The van der Waals surface area contributed by atoms with Crippen molar-refractivity contribution >= 4 is 0 Å². The summed E-state index contributed by atoms with van der Waals surface area (Å²) in [4.78, 5) is 2.51. The molecule has 1 saturated heterocycles. The van der Waals surface area contributed by atoms with Gasteiger partial charge in [-0.1, -0.05) is 33.8 Å². The molecule has 0 bridgehead atoms. The molecular formula is C12H23N. The number of rotatable bonds is 2. The molecule has 1 aliphatic heterocycles. The van der Waals surface area contributed by atoms with Gasteiger partial charge in [0.1, 0.15) is 0 Å². The van der Waals surface area contributed by atoms with Crippen molar-refractivity contribution in [2.45, 2.75) is 34.1 Å². The number of likely N-dealkylation sites (tertiary alicyclic amines) is 1. The Morgan fingerprint density at radius 3 is 2.00 bits per heavy atom. The lowest BCUT2D eigenvalue weighted by atomic mass is 9.71. The first-order valence-electron chi connectivity index (χ1n) is 5.18. The summed E-state index contributed by atoms with van der Waals surface area (Å²) in [6.07, 6.45) is 3.34. The number of nitrogens with zero attached hydrogens (tertiary/aromatic N) is 1. The minimum absolute atomic E-state index is 0.463. The first-order valence-corrected chi connectivity index (χ1v) is 5.18. The second kappa shape index (κ2) is 3.45. The molecule has 0 aromatic heterocycles. The lowest BCUT2D eigenvalue weighted by Gasteiger charge is -2.46. The van der Waals surface area contributed by atoms with Crippen molar-refractivity contribution in [2.75, 3.05) is 19.6 Å². The van der Waals surface area contributed by atoms with Crippen LogP contribution in [0, 0.1) is 10.8 Å². The zero-order chi connectivity index (χ0) is 10.1. The third kappa shape index (κ3) is 3.15. The molecule has 1 fully saturated rings. The Kier molecular flexibility index (Phi) is 2.86. The first kappa shape index (κ1) is 10.8. The van der Waals surface area contributed by atoms with E-state index in [1.807, 2.05) is 6.08 Å². The molecule has 1 heterocycles. The molecular weight excluding hydrogens is 158 g/mol. The normalized spacial score (nSPS) is 27.1. The fourth-order valence-corrected chi connectivity index (χ4v) is 2.99. The van der Waals surface area contributed by atoms with Crippen molar-refractivity contribution in [1.82, 2.24) is 4.90 Å². The largest absolute Gasteiger partial charge is 0.299 e. The molecule has 1 rings (SSSR count). The van der Waals surface area contributed by atoms with E-state index >= 15 is 0 Å². The maximum atomic E-state index is 3.81. The van der Waals surface area contributed by atoms with Crippen LogP contribution in [-0.2, 0) is 0 Å². The van der Waals surface area contributed by atoms with Crippen LogP contribution in [0.15, 0.2) is 12.7 Å². The standard InChI is InChI=1S/C12H23N/c1-6-7-13-9-11(2,3)8-12(4,5)10-13/h6H,1,7-10H2,2-5H3. The Morgan fingerprint density at radius 1 is 1.15 bits per heavy atom. The molecule has 76 valence electrons. The van der Waals surface area contributed by atoms with Crippen molar-refractivity contribution < 1.29 is 0 Å². The Labute approximate surface area is 82.8 Å². The van der Waals surface area contributed by atoms with Gasteiger partial charge < -0.3 is 0 Å². The Bertz CT molecular complexity index is 175. The topological polar surface area (TPSA) is 3.24 Å². The highest BCUT2D eigenvalue weighted by Gasteiger charge is 2.36. The molecule has 13 heavy (non-hydrogen) atoms. The lowest BCUT2D eigenvalue weighted by Crippen LogP contribution is -2.48. The van der Waals surface area contributed by atoms with Gasteiger partial charge in [-0.2, -0.15) is 0 Å². The zero-order valence-corrected chi connectivity index (χ0v) is 9.56. The smallest absolute Gasteiger partial charge is 0.0161 e. The van der Waals surface area contributed by atoms with Gasteiger partial charge >= 0.3 is 0 Å². The van der Waals surface area contributed by atoms with Gasteiger partial charge in [0.15, 0.2) is 0 Å². The monoisotopic (exact) mass is 181 g/mol. The van der Waals surface area contributed by atoms with Crippen LogP contribution < -0.4 is 0 Å². The average molecular weight is 181 g/mol. The van der Waals surface area contributed by atoms with E-state index in [1.54, 1.807) is 0 Å². The number of hydrogen-bond donors (Lipinski definition) is 0. The zero-order valence-electron chi connectivity index (χ0n) is 9.56. The van der Waals surface area contributed by atoms with Gasteiger partial charge in [-0.25, -0.2) is 0 Å². The summed E-state index contributed by atoms with van der Waals surface area (Å²) in [5, 5.41) is 0. The van der Waals surface area contributed by atoms with Crippen LogP contribution in [0.4, 0.5) is 0 Å². The molecule has 1 nitrogen and oxygen atoms in total. The molecule has 1 aliphatic rings. The summed E-state index contributed by atoms with van der Waals surface area (Å²) in [5.41, 5.74) is 0.926. The minimum Gasteiger partial charge on any atom is -0.299 e. The van der Waals surface area contributed by atoms with Crippen molar-refractivity contribution in [3.05, 3.63) is 12.7 Å². The van der Waals surface area contributed by atoms with Crippen LogP contribution in [0.1, 0.15) is 34.1 Å². The Balaban J connectivity index is 2.66. The van der Waals surface area contributed by atoms with Gasteiger partial charge in [-0.15, -0.1) is 6.58 Å². The molecule has 0 N–H and O–H groups in total. The summed E-state index contributed by atoms with van der Waals surface area (Å²) >= 11 is 0. The number of hydrogen-bond acceptors (Lipinski definition) is 1. The van der Waals surface area contributed by atoms with Crippen molar-refractivity contribution in [1.29, 1.82) is 0 Å². The van der Waals surface area contributed by atoms with Crippen molar-refractivity contribution in [2.24, 2.45) is 10.8 Å². The van der Waals surface area contributed by atoms with Crippen LogP contribution >= 0.6 is 0 Å². The molecule has 0 amide bonds. The lowest BCUT2D eigenvalue weighted by molar-refractivity contribution is 0.0352. The molecule has 0 unspecified atom stereocenters. The molecule has 0 aromatic carbocycles. The third-order valence-corrected chi connectivity index (χ3v) is 2.65. The quantitative estimate of drug-likeness (QED) is 0.592. The predicted molar refractivity (Wildman–Crippen MR) is 58.8 cm³/mol. The van der Waals surface area contributed by atoms with Crippen LogP contribution in [0.25, 0.3) is 0 Å². The van der Waals surface area contributed by atoms with Gasteiger partial charge in [0.05, 0.1) is 0 Å². The maximum Gasteiger partial charge on any atom is 0.0161 e. The summed E-state index contributed by atoms with van der Waals surface area (Å²) in [6.45, 7) is 16.7. The van der Waals surface area contributed by atoms with Gasteiger partial charge in [-0.3, -0.25) is 4.90 Å². The summed E-state index contributed by atoms with van der Waals surface area (Å²) in [5.74, 6) is 0. The van der Waals surface area contributed by atoms with Crippen LogP contribution in [0.5, 0.6) is 0 Å². The first-order chi connectivity index (χ1) is 5.85. The second-order valence-corrected chi connectivity index (χ2v) is 5.96. The van der Waals surface area contributed by atoms with Gasteiger partial charge in [-0.05, 0) is 17.3 Å². The summed E-state index contributed by atoms with van der Waals surface area (Å²) < 4.78 is 0. The average Bonchev–Trinajstić information content (AvgIpc) is 1.78. The van der Waals surface area contributed by atoms with E-state index in [9.17, 15) is 0 Å². The van der Waals surface area contributed by atoms with Gasteiger partial charge in [0, 0.05) is 19.6 Å². The van der Waals surface area contributed by atoms with Crippen molar-refractivity contribution in [3.63, 3.8) is 0 Å². The van der Waals surface area contributed by atoms with Crippen LogP contribution in [0.2, 0.25) is 0 Å². The molecule has 0 atom stereocenters. The van der Waals surface area contributed by atoms with E-state index in [2.05, 4.69) is 39.2 Å². The predicted octanol–water partition coefficient (Wildman–Crippen LogP) is 2.93. The van der Waals surface area contributed by atoms with Crippen molar-refractivity contribution in [3.8, 4) is 0 Å². The summed E-state index contributed by atoms with van der Waals surface area (Å²) in [7, 11) is 0. The highest BCUT2D eigenvalue weighted by atomic mass is 15.1. The van der Waals surface area contributed by atoms with Gasteiger partial charge in [0.25, 0.3) is 0 Å².